The summed E-state index contributed by atoms with van der Waals surface area (Å²) < 4.78 is 22.3. The van der Waals surface area contributed by atoms with Crippen LogP contribution >= 0.6 is 0 Å². The average molecular weight is 538 g/mol. The van der Waals surface area contributed by atoms with E-state index in [1.807, 2.05) is 66.9 Å². The van der Waals surface area contributed by atoms with Crippen LogP contribution in [0.3, 0.4) is 0 Å². The Morgan fingerprint density at radius 3 is 2.90 bits per heavy atom. The Hall–Kier alpha value is -4.88. The van der Waals surface area contributed by atoms with Crippen molar-refractivity contribution in [2.75, 3.05) is 18.9 Å². The number of carbonyl (C=O) groups excluding carboxylic acids is 1. The fourth-order valence-electron chi connectivity index (χ4n) is 4.45. The normalized spacial score (nSPS) is 15.8. The summed E-state index contributed by atoms with van der Waals surface area (Å²) in [7, 11) is 3.85. The summed E-state index contributed by atoms with van der Waals surface area (Å²) in [6.45, 7) is 2.83. The number of anilines is 2. The number of likely N-dealkylation sites (tertiary alicyclic amines) is 1. The second kappa shape index (κ2) is 11.9. The molecule has 2 aromatic carbocycles. The van der Waals surface area contributed by atoms with Crippen molar-refractivity contribution in [2.24, 2.45) is 12.0 Å². The lowest BCUT2D eigenvalue weighted by molar-refractivity contribution is -0.115. The first-order valence-corrected chi connectivity index (χ1v) is 12.8. The molecule has 9 nitrogen and oxygen atoms in total. The van der Waals surface area contributed by atoms with Crippen LogP contribution in [0.25, 0.3) is 11.0 Å². The van der Waals surface area contributed by atoms with Gasteiger partial charge >= 0.3 is 5.91 Å². The van der Waals surface area contributed by atoms with Crippen molar-refractivity contribution in [3.63, 3.8) is 0 Å². The van der Waals surface area contributed by atoms with Gasteiger partial charge in [-0.05, 0) is 81.2 Å². The number of nitrogens with one attached hydrogen (secondary N) is 1. The van der Waals surface area contributed by atoms with E-state index in [2.05, 4.69) is 37.1 Å². The minimum Gasteiger partial charge on any atom is -0.457 e. The van der Waals surface area contributed by atoms with Gasteiger partial charge in [0, 0.05) is 31.0 Å². The maximum atomic E-state index is 14.2. The molecule has 1 fully saturated rings. The fraction of sp³-hybridized carbons (Fsp3) is 0.233. The molecule has 5 rings (SSSR count). The van der Waals surface area contributed by atoms with Crippen LogP contribution in [0, 0.1) is 18.8 Å². The van der Waals surface area contributed by atoms with E-state index < -0.39 is 11.7 Å². The van der Waals surface area contributed by atoms with E-state index in [0.717, 1.165) is 47.9 Å². The summed E-state index contributed by atoms with van der Waals surface area (Å²) in [4.78, 5) is 30.3. The minimum atomic E-state index is -0.949. The van der Waals surface area contributed by atoms with Crippen molar-refractivity contribution in [1.82, 2.24) is 24.4 Å². The Balaban J connectivity index is 1.24. The number of likely N-dealkylation sites (N-methyl/N-ethyl adjacent to an activating group) is 1. The van der Waals surface area contributed by atoms with Crippen LogP contribution in [0.5, 0.6) is 11.5 Å². The van der Waals surface area contributed by atoms with Gasteiger partial charge in [-0.3, -0.25) is 9.69 Å². The highest BCUT2D eigenvalue weighted by atomic mass is 19.1. The number of aliphatic imine (C=N–C) groups is 1. The van der Waals surface area contributed by atoms with Crippen molar-refractivity contribution in [1.29, 1.82) is 0 Å². The third kappa shape index (κ3) is 6.22. The van der Waals surface area contributed by atoms with Crippen LogP contribution in [-0.4, -0.2) is 56.2 Å². The maximum Gasteiger partial charge on any atom is 0.306 e. The largest absolute Gasteiger partial charge is 0.457 e. The number of fused-ring (bicyclic) bond motifs is 1. The third-order valence-electron chi connectivity index (χ3n) is 6.65. The van der Waals surface area contributed by atoms with E-state index >= 15 is 0 Å². The van der Waals surface area contributed by atoms with Crippen LogP contribution in [0.2, 0.25) is 0 Å². The van der Waals surface area contributed by atoms with Gasteiger partial charge in [0.15, 0.2) is 5.83 Å². The number of aryl methyl sites for hydroxylation is 2. The Labute approximate surface area is 231 Å². The fourth-order valence-corrected chi connectivity index (χ4v) is 4.45. The molecule has 10 heteroatoms. The molecule has 1 N–H and O–H groups in total. The number of carbonyl (C=O) groups is 1. The Morgan fingerprint density at radius 2 is 2.10 bits per heavy atom. The predicted octanol–water partition coefficient (Wildman–Crippen LogP) is 5.10. The van der Waals surface area contributed by atoms with Crippen molar-refractivity contribution in [2.45, 2.75) is 25.8 Å². The van der Waals surface area contributed by atoms with Crippen LogP contribution in [0.15, 0.2) is 72.1 Å². The number of nitrogens with zero attached hydrogens (tertiary/aromatic N) is 6. The van der Waals surface area contributed by atoms with Gasteiger partial charge in [0.05, 0.1) is 29.1 Å². The van der Waals surface area contributed by atoms with Crippen molar-refractivity contribution in [3.8, 4) is 23.3 Å². The van der Waals surface area contributed by atoms with Crippen molar-refractivity contribution in [3.05, 3.63) is 78.3 Å². The summed E-state index contributed by atoms with van der Waals surface area (Å²) in [6, 6.07) is 11.4. The highest BCUT2D eigenvalue weighted by Gasteiger charge is 2.21. The number of imidazole rings is 1. The number of hydrogen-bond donors (Lipinski definition) is 1. The second-order valence-electron chi connectivity index (χ2n) is 9.54. The van der Waals surface area contributed by atoms with Gasteiger partial charge in [-0.15, -0.1) is 0 Å². The molecule has 0 spiro atoms. The van der Waals surface area contributed by atoms with Crippen LogP contribution in [-0.2, 0) is 11.8 Å². The summed E-state index contributed by atoms with van der Waals surface area (Å²) in [5, 5.41) is 3.24. The molecule has 4 aromatic rings. The molecule has 0 saturated carbocycles. The van der Waals surface area contributed by atoms with Crippen LogP contribution in [0.4, 0.5) is 15.9 Å². The first-order chi connectivity index (χ1) is 19.4. The number of benzene rings is 2. The minimum absolute atomic E-state index is 0.0828. The monoisotopic (exact) mass is 537 g/mol. The van der Waals surface area contributed by atoms with Gasteiger partial charge in [-0.2, -0.15) is 0 Å². The molecule has 1 aliphatic rings. The molecule has 0 unspecified atom stereocenters. The van der Waals surface area contributed by atoms with Crippen molar-refractivity contribution < 1.29 is 13.9 Å². The van der Waals surface area contributed by atoms with E-state index in [1.54, 1.807) is 12.5 Å². The molecule has 2 aromatic heterocycles. The molecule has 1 saturated heterocycles. The van der Waals surface area contributed by atoms with E-state index in [9.17, 15) is 9.18 Å². The lowest BCUT2D eigenvalue weighted by Gasteiger charge is -2.14. The van der Waals surface area contributed by atoms with Gasteiger partial charge in [-0.1, -0.05) is 5.92 Å². The number of aromatic nitrogens is 4. The van der Waals surface area contributed by atoms with E-state index in [-0.39, 0.29) is 6.04 Å². The van der Waals surface area contributed by atoms with E-state index in [0.29, 0.717) is 22.9 Å². The first kappa shape index (κ1) is 26.7. The standard InChI is InChI=1S/C30H28FN7O2/c1-20-14-22(8-11-28(20)40-24-9-10-27-26(16-24)35-19-38(27)3)36-29-21(17-32-18-34-29)6-4-12-33-30(39)25(31)15-23-7-5-13-37(23)2/h8-12,14-19,23H,5,7,13H2,1-3H3,(H,32,34,36)/b25-15-,33-12?/t23-/m1/s1. The summed E-state index contributed by atoms with van der Waals surface area (Å²) >= 11 is 0. The third-order valence-corrected chi connectivity index (χ3v) is 6.65. The number of hydrogen-bond acceptors (Lipinski definition) is 7. The molecule has 0 bridgehead atoms. The number of halogens is 1. The van der Waals surface area contributed by atoms with E-state index in [1.165, 1.54) is 12.4 Å². The Bertz CT molecular complexity index is 1680. The average Bonchev–Trinajstić information content (AvgIpc) is 3.53. The molecule has 1 atom stereocenters. The molecular weight excluding hydrogens is 509 g/mol. The predicted molar refractivity (Wildman–Crippen MR) is 153 cm³/mol. The number of rotatable bonds is 6. The Kier molecular flexibility index (Phi) is 7.94. The zero-order valence-electron chi connectivity index (χ0n) is 22.4. The van der Waals surface area contributed by atoms with Gasteiger partial charge < -0.3 is 14.6 Å². The molecule has 3 heterocycles. The lowest BCUT2D eigenvalue weighted by Crippen LogP contribution is -2.23. The first-order valence-electron chi connectivity index (χ1n) is 12.8. The molecule has 202 valence electrons. The highest BCUT2D eigenvalue weighted by Crippen LogP contribution is 2.30. The zero-order chi connectivity index (χ0) is 28.1. The van der Waals surface area contributed by atoms with Crippen molar-refractivity contribution >= 4 is 34.7 Å². The SMILES string of the molecule is Cc1cc(Nc2ncncc2C#CC=NC(=O)/C(F)=C/[C@H]2CCCN2C)ccc1Oc1ccc2c(c1)ncn2C. The quantitative estimate of drug-likeness (QED) is 0.208. The summed E-state index contributed by atoms with van der Waals surface area (Å²) in [5.41, 5.74) is 4.08. The molecule has 0 radical (unpaired) electrons. The van der Waals surface area contributed by atoms with Gasteiger partial charge in [-0.25, -0.2) is 24.3 Å². The summed E-state index contributed by atoms with van der Waals surface area (Å²) in [6.07, 6.45) is 8.93. The number of amides is 1. The molecule has 1 amide bonds. The molecular formula is C30H28FN7O2. The zero-order valence-corrected chi connectivity index (χ0v) is 22.4. The number of ether oxygens (including phenoxy) is 1. The second-order valence-corrected chi connectivity index (χ2v) is 9.54. The highest BCUT2D eigenvalue weighted by molar-refractivity contribution is 5.99. The topological polar surface area (TPSA) is 97.5 Å². The lowest BCUT2D eigenvalue weighted by atomic mass is 10.2. The summed E-state index contributed by atoms with van der Waals surface area (Å²) in [5.74, 6) is 5.59. The van der Waals surface area contributed by atoms with E-state index in [4.69, 9.17) is 4.74 Å². The molecule has 40 heavy (non-hydrogen) atoms. The molecule has 1 aliphatic heterocycles. The smallest absolute Gasteiger partial charge is 0.306 e. The van der Waals surface area contributed by atoms with Gasteiger partial charge in [0.25, 0.3) is 0 Å². The van der Waals surface area contributed by atoms with Gasteiger partial charge in [0.2, 0.25) is 0 Å². The Morgan fingerprint density at radius 1 is 1.23 bits per heavy atom. The molecule has 0 aliphatic carbocycles. The van der Waals surface area contributed by atoms with Crippen LogP contribution in [0.1, 0.15) is 24.0 Å². The van der Waals surface area contributed by atoms with Crippen LogP contribution < -0.4 is 10.1 Å². The van der Waals surface area contributed by atoms with Gasteiger partial charge in [0.1, 0.15) is 23.6 Å². The maximum absolute atomic E-state index is 14.2.